The van der Waals surface area contributed by atoms with Gasteiger partial charge in [-0.15, -0.1) is 0 Å². The van der Waals surface area contributed by atoms with Crippen molar-refractivity contribution in [1.29, 1.82) is 0 Å². The van der Waals surface area contributed by atoms with E-state index in [-0.39, 0.29) is 22.8 Å². The smallest absolute Gasteiger partial charge is 0.187 e. The summed E-state index contributed by atoms with van der Waals surface area (Å²) >= 11 is 0. The van der Waals surface area contributed by atoms with Gasteiger partial charge in [-0.2, -0.15) is 0 Å². The second-order valence-electron chi connectivity index (χ2n) is 3.10. The van der Waals surface area contributed by atoms with Crippen LogP contribution in [0.5, 0.6) is 0 Å². The van der Waals surface area contributed by atoms with Crippen LogP contribution in [0.15, 0.2) is 0 Å². The van der Waals surface area contributed by atoms with E-state index >= 15 is 0 Å². The van der Waals surface area contributed by atoms with E-state index in [1.165, 1.54) is 30.7 Å². The van der Waals surface area contributed by atoms with Crippen LogP contribution in [0, 0.1) is 0 Å². The first kappa shape index (κ1) is 24.2. The van der Waals surface area contributed by atoms with Gasteiger partial charge in [-0.1, -0.05) is 0 Å². The Balaban J connectivity index is -0.0000000883. The van der Waals surface area contributed by atoms with Crippen molar-refractivity contribution in [3.05, 3.63) is 0 Å². The van der Waals surface area contributed by atoms with E-state index in [0.29, 0.717) is 0 Å². The normalized spacial score (nSPS) is 8.87. The third-order valence-electron chi connectivity index (χ3n) is 2.68. The highest BCUT2D eigenvalue weighted by Crippen LogP contribution is 2.03. The molecule has 0 fully saturated rings. The monoisotopic (exact) mass is 237 g/mol. The van der Waals surface area contributed by atoms with Crippen LogP contribution >= 0.6 is 0 Å². The number of hydrogen-bond acceptors (Lipinski definition) is 2. The van der Waals surface area contributed by atoms with Gasteiger partial charge in [0.15, 0.2) is 17.4 Å². The molecule has 0 bridgehead atoms. The number of quaternary nitrogens is 1. The predicted octanol–water partition coefficient (Wildman–Crippen LogP) is -1.37. The molecule has 0 spiro atoms. The Morgan fingerprint density at radius 1 is 1.00 bits per heavy atom. The molecule has 0 aliphatic carbocycles. The molecule has 0 aromatic carbocycles. The summed E-state index contributed by atoms with van der Waals surface area (Å²) in [7, 11) is 0. The summed E-state index contributed by atoms with van der Waals surface area (Å²) in [5.74, 6) is -1.08. The minimum atomic E-state index is -1.08. The summed E-state index contributed by atoms with van der Waals surface area (Å²) in [6.07, 6.45) is 0. The molecule has 0 rings (SSSR count). The van der Waals surface area contributed by atoms with E-state index in [0.717, 1.165) is 6.92 Å². The van der Waals surface area contributed by atoms with Gasteiger partial charge < -0.3 is 19.9 Å². The van der Waals surface area contributed by atoms with Gasteiger partial charge in [0.2, 0.25) is 0 Å². The number of hydrogen-bond donors (Lipinski definition) is 0. The summed E-state index contributed by atoms with van der Waals surface area (Å²) in [5.41, 5.74) is 0. The zero-order chi connectivity index (χ0) is 10.9. The summed E-state index contributed by atoms with van der Waals surface area (Å²) in [6, 6.07) is 0. The van der Waals surface area contributed by atoms with Crippen molar-refractivity contribution in [2.24, 2.45) is 0 Å². The summed E-state index contributed by atoms with van der Waals surface area (Å²) in [4.78, 5) is 8.89. The SMILES string of the molecule is CC(=O)[O-].CC[N+](CC)(CC)CC.O.[AlH3]. The van der Waals surface area contributed by atoms with Crippen LogP contribution < -0.4 is 5.11 Å². The molecule has 0 unspecified atom stereocenters. The molecule has 2 N–H and O–H groups in total. The van der Waals surface area contributed by atoms with Crippen molar-refractivity contribution in [2.75, 3.05) is 26.2 Å². The first-order valence-corrected chi connectivity index (χ1v) is 5.00. The van der Waals surface area contributed by atoms with Crippen molar-refractivity contribution in [3.8, 4) is 0 Å². The van der Waals surface area contributed by atoms with Crippen LogP contribution in [0.1, 0.15) is 34.6 Å². The average Bonchev–Trinajstić information content (AvgIpc) is 2.09. The van der Waals surface area contributed by atoms with Crippen molar-refractivity contribution >= 4 is 23.3 Å². The van der Waals surface area contributed by atoms with Crippen LogP contribution in [0.25, 0.3) is 0 Å². The molecule has 0 saturated heterocycles. The Hall–Kier alpha value is -0.0775. The van der Waals surface area contributed by atoms with E-state index in [9.17, 15) is 0 Å². The molecule has 94 valence electrons. The number of carbonyl (C=O) groups is 1. The zero-order valence-corrected chi connectivity index (χ0v) is 10.1. The minimum Gasteiger partial charge on any atom is -0.550 e. The molecule has 15 heavy (non-hydrogen) atoms. The second-order valence-corrected chi connectivity index (χ2v) is 3.10. The third-order valence-corrected chi connectivity index (χ3v) is 2.68. The molecule has 4 nitrogen and oxygen atoms in total. The molecule has 0 saturated carbocycles. The van der Waals surface area contributed by atoms with Gasteiger partial charge in [0, 0.05) is 5.97 Å². The largest absolute Gasteiger partial charge is 0.550 e. The standard InChI is InChI=1S/C8H20N.C2H4O2.Al.H2O.3H/c1-5-9(6-2,7-3)8-4;1-2(3)4;;;;;/h5-8H2,1-4H3;1H3,(H,3,4);;1H2;;;/q+1;;;;;;/p-1. The highest BCUT2D eigenvalue weighted by atomic mass is 27.0. The van der Waals surface area contributed by atoms with E-state index in [1.54, 1.807) is 0 Å². The van der Waals surface area contributed by atoms with Gasteiger partial charge in [-0.3, -0.25) is 0 Å². The topological polar surface area (TPSA) is 71.6 Å². The molecule has 0 aliphatic rings. The molecule has 0 heterocycles. The van der Waals surface area contributed by atoms with Gasteiger partial charge in [0.05, 0.1) is 26.2 Å². The molecule has 0 radical (unpaired) electrons. The zero-order valence-electron chi connectivity index (χ0n) is 10.1. The molecule has 0 atom stereocenters. The molecule has 0 amide bonds. The maximum absolute atomic E-state index is 8.89. The van der Waals surface area contributed by atoms with Gasteiger partial charge in [0.25, 0.3) is 0 Å². The lowest BCUT2D eigenvalue weighted by molar-refractivity contribution is -0.921. The number of carboxylic acid groups (broad SMARTS) is 1. The molecular formula is C10H28AlNO3. The average molecular weight is 237 g/mol. The predicted molar refractivity (Wildman–Crippen MR) is 66.7 cm³/mol. The quantitative estimate of drug-likeness (QED) is 0.447. The minimum absolute atomic E-state index is 0. The number of nitrogens with zero attached hydrogens (tertiary/aromatic N) is 1. The second kappa shape index (κ2) is 13.9. The highest BCUT2D eigenvalue weighted by Gasteiger charge is 2.16. The lowest BCUT2D eigenvalue weighted by Gasteiger charge is -2.34. The molecule has 0 aliphatic heterocycles. The van der Waals surface area contributed by atoms with Gasteiger partial charge in [-0.25, -0.2) is 0 Å². The Bertz CT molecular complexity index is 117. The molecular weight excluding hydrogens is 209 g/mol. The maximum atomic E-state index is 8.89. The fraction of sp³-hybridized carbons (Fsp3) is 0.900. The van der Waals surface area contributed by atoms with Gasteiger partial charge in [0.1, 0.15) is 0 Å². The van der Waals surface area contributed by atoms with E-state index in [1.807, 2.05) is 0 Å². The van der Waals surface area contributed by atoms with Crippen LogP contribution in [-0.2, 0) is 4.79 Å². The number of aliphatic carboxylic acids is 1. The van der Waals surface area contributed by atoms with Crippen LogP contribution in [0.4, 0.5) is 0 Å². The maximum Gasteiger partial charge on any atom is 0.187 e. The molecule has 0 aromatic rings. The fourth-order valence-corrected chi connectivity index (χ4v) is 1.34. The Morgan fingerprint density at radius 2 is 1.13 bits per heavy atom. The van der Waals surface area contributed by atoms with Crippen LogP contribution in [0.3, 0.4) is 0 Å². The number of carboxylic acids is 1. The Morgan fingerprint density at radius 3 is 1.13 bits per heavy atom. The van der Waals surface area contributed by atoms with Crippen molar-refractivity contribution in [2.45, 2.75) is 34.6 Å². The first-order chi connectivity index (χ1) is 5.97. The van der Waals surface area contributed by atoms with E-state index in [4.69, 9.17) is 9.90 Å². The summed E-state index contributed by atoms with van der Waals surface area (Å²) < 4.78 is 1.28. The van der Waals surface area contributed by atoms with Gasteiger partial charge in [-0.05, 0) is 34.6 Å². The summed E-state index contributed by atoms with van der Waals surface area (Å²) in [6.45, 7) is 15.2. The van der Waals surface area contributed by atoms with Gasteiger partial charge >= 0.3 is 0 Å². The molecule has 0 aromatic heterocycles. The summed E-state index contributed by atoms with van der Waals surface area (Å²) in [5, 5.41) is 8.89. The van der Waals surface area contributed by atoms with E-state index in [2.05, 4.69) is 27.7 Å². The van der Waals surface area contributed by atoms with Crippen molar-refractivity contribution in [3.63, 3.8) is 0 Å². The molecule has 5 heteroatoms. The number of carbonyl (C=O) groups excluding carboxylic acids is 1. The first-order valence-electron chi connectivity index (χ1n) is 5.00. The van der Waals surface area contributed by atoms with E-state index < -0.39 is 5.97 Å². The van der Waals surface area contributed by atoms with Crippen LogP contribution in [-0.4, -0.2) is 59.5 Å². The third kappa shape index (κ3) is 13.9. The highest BCUT2D eigenvalue weighted by molar-refractivity contribution is 5.75. The Kier molecular flexibility index (Phi) is 22.5. The van der Waals surface area contributed by atoms with Crippen molar-refractivity contribution < 1.29 is 19.9 Å². The Labute approximate surface area is 104 Å². The number of rotatable bonds is 4. The lowest BCUT2D eigenvalue weighted by atomic mass is 10.3. The lowest BCUT2D eigenvalue weighted by Crippen LogP contribution is -2.47. The fourth-order valence-electron chi connectivity index (χ4n) is 1.34. The van der Waals surface area contributed by atoms with Crippen molar-refractivity contribution in [1.82, 2.24) is 0 Å². The van der Waals surface area contributed by atoms with Crippen LogP contribution in [0.2, 0.25) is 0 Å².